The summed E-state index contributed by atoms with van der Waals surface area (Å²) in [6.07, 6.45) is 0. The minimum Gasteiger partial charge on any atom is -0.0622 e. The van der Waals surface area contributed by atoms with Gasteiger partial charge in [-0.2, -0.15) is 0 Å². The van der Waals surface area contributed by atoms with Crippen LogP contribution in [0.4, 0.5) is 0 Å². The Morgan fingerprint density at radius 3 is 1.66 bits per heavy atom. The van der Waals surface area contributed by atoms with Crippen LogP contribution in [0.2, 0.25) is 0 Å². The van der Waals surface area contributed by atoms with Crippen LogP contribution in [0.3, 0.4) is 0 Å². The second kappa shape index (κ2) is 9.08. The Hall–Kier alpha value is -4.42. The summed E-state index contributed by atoms with van der Waals surface area (Å²) in [6.45, 7) is 2.18. The Morgan fingerprint density at radius 2 is 0.857 bits per heavy atom. The maximum absolute atomic E-state index is 2.31. The summed E-state index contributed by atoms with van der Waals surface area (Å²) in [5.41, 5.74) is 11.2. The van der Waals surface area contributed by atoms with Crippen LogP contribution in [-0.2, 0) is 0 Å². The smallest absolute Gasteiger partial charge is 0.0105 e. The first kappa shape index (κ1) is 21.1. The lowest BCUT2D eigenvalue weighted by Gasteiger charge is -2.11. The van der Waals surface area contributed by atoms with Gasteiger partial charge in [0.05, 0.1) is 0 Å². The Balaban J connectivity index is 1.36. The average molecular weight is 447 g/mol. The van der Waals surface area contributed by atoms with E-state index in [-0.39, 0.29) is 0 Å². The Bertz CT molecular complexity index is 1620. The maximum atomic E-state index is 2.31. The van der Waals surface area contributed by atoms with E-state index < -0.39 is 0 Å². The quantitative estimate of drug-likeness (QED) is 0.253. The van der Waals surface area contributed by atoms with Crippen LogP contribution >= 0.6 is 0 Å². The van der Waals surface area contributed by atoms with Gasteiger partial charge in [-0.05, 0) is 79.9 Å². The predicted molar refractivity (Wildman–Crippen MR) is 150 cm³/mol. The maximum Gasteiger partial charge on any atom is -0.0105 e. The van der Waals surface area contributed by atoms with Crippen LogP contribution < -0.4 is 0 Å². The fourth-order valence-corrected chi connectivity index (χ4v) is 4.94. The fourth-order valence-electron chi connectivity index (χ4n) is 4.94. The fraction of sp³-hybridized carbons (Fsp3) is 0.0286. The van der Waals surface area contributed by atoms with E-state index in [1.165, 1.54) is 60.8 Å². The zero-order chi connectivity index (χ0) is 23.6. The summed E-state index contributed by atoms with van der Waals surface area (Å²) in [7, 11) is 0. The number of fused-ring (bicyclic) bond motifs is 1. The highest BCUT2D eigenvalue weighted by Crippen LogP contribution is 2.33. The van der Waals surface area contributed by atoms with E-state index in [4.69, 9.17) is 0 Å². The number of rotatable bonds is 4. The third kappa shape index (κ3) is 4.27. The minimum absolute atomic E-state index is 1.23. The Labute approximate surface area is 207 Å². The van der Waals surface area contributed by atoms with Crippen LogP contribution in [0.25, 0.3) is 55.3 Å². The molecule has 0 atom stereocenters. The molecule has 0 heteroatoms. The van der Waals surface area contributed by atoms with E-state index >= 15 is 0 Å². The van der Waals surface area contributed by atoms with Gasteiger partial charge in [0, 0.05) is 0 Å². The van der Waals surface area contributed by atoms with Crippen LogP contribution in [0.15, 0.2) is 140 Å². The SMILES string of the molecule is Cc1cc(-c2ccc(-c3cccc4ccccc34)cc2)cc(-c2cccc(-c3ccccc3)c2)c1. The second-order valence-corrected chi connectivity index (χ2v) is 9.14. The molecule has 0 nitrogen and oxygen atoms in total. The molecule has 0 saturated carbocycles. The first-order valence-electron chi connectivity index (χ1n) is 12.1. The number of benzene rings is 6. The summed E-state index contributed by atoms with van der Waals surface area (Å²) < 4.78 is 0. The molecule has 0 aliphatic carbocycles. The standard InChI is InChI=1S/C35H26/c1-25-21-32(24-33(22-25)31-14-7-13-30(23-31)26-9-3-2-4-10-26)27-17-19-29(20-18-27)35-16-8-12-28-11-5-6-15-34(28)35/h2-24H,1H3. The van der Waals surface area contributed by atoms with Gasteiger partial charge in [-0.15, -0.1) is 0 Å². The molecule has 0 unspecified atom stereocenters. The normalized spacial score (nSPS) is 11.0. The van der Waals surface area contributed by atoms with Crippen molar-refractivity contribution in [1.29, 1.82) is 0 Å². The first-order valence-corrected chi connectivity index (χ1v) is 12.1. The molecule has 0 spiro atoms. The zero-order valence-corrected chi connectivity index (χ0v) is 19.8. The number of aryl methyl sites for hydroxylation is 1. The van der Waals surface area contributed by atoms with Crippen LogP contribution in [-0.4, -0.2) is 0 Å². The average Bonchev–Trinajstić information content (AvgIpc) is 2.93. The molecule has 6 aromatic carbocycles. The Morgan fingerprint density at radius 1 is 0.343 bits per heavy atom. The summed E-state index contributed by atoms with van der Waals surface area (Å²) in [5.74, 6) is 0. The molecule has 166 valence electrons. The van der Waals surface area contributed by atoms with E-state index in [0.29, 0.717) is 0 Å². The molecule has 0 aliphatic rings. The van der Waals surface area contributed by atoms with Gasteiger partial charge >= 0.3 is 0 Å². The van der Waals surface area contributed by atoms with E-state index in [2.05, 4.69) is 146 Å². The molecule has 0 aromatic heterocycles. The molecule has 0 saturated heterocycles. The van der Waals surface area contributed by atoms with Gasteiger partial charge in [0.1, 0.15) is 0 Å². The lowest BCUT2D eigenvalue weighted by Crippen LogP contribution is -1.86. The van der Waals surface area contributed by atoms with Gasteiger partial charge < -0.3 is 0 Å². The van der Waals surface area contributed by atoms with Crippen molar-refractivity contribution in [3.63, 3.8) is 0 Å². The molecule has 0 heterocycles. The van der Waals surface area contributed by atoms with Gasteiger partial charge in [0.25, 0.3) is 0 Å². The molecule has 6 rings (SSSR count). The lowest BCUT2D eigenvalue weighted by molar-refractivity contribution is 1.46. The van der Waals surface area contributed by atoms with Crippen molar-refractivity contribution in [2.45, 2.75) is 6.92 Å². The Kier molecular flexibility index (Phi) is 5.48. The van der Waals surface area contributed by atoms with Crippen LogP contribution in [0.5, 0.6) is 0 Å². The van der Waals surface area contributed by atoms with Crippen LogP contribution in [0.1, 0.15) is 5.56 Å². The van der Waals surface area contributed by atoms with E-state index in [9.17, 15) is 0 Å². The number of hydrogen-bond acceptors (Lipinski definition) is 0. The second-order valence-electron chi connectivity index (χ2n) is 9.14. The summed E-state index contributed by atoms with van der Waals surface area (Å²) >= 11 is 0. The van der Waals surface area contributed by atoms with Crippen LogP contribution in [0, 0.1) is 6.92 Å². The van der Waals surface area contributed by atoms with Gasteiger partial charge in [-0.3, -0.25) is 0 Å². The topological polar surface area (TPSA) is 0 Å². The van der Waals surface area contributed by atoms with Gasteiger partial charge in [-0.25, -0.2) is 0 Å². The highest BCUT2D eigenvalue weighted by atomic mass is 14.1. The van der Waals surface area contributed by atoms with Gasteiger partial charge in [0.2, 0.25) is 0 Å². The third-order valence-electron chi connectivity index (χ3n) is 6.70. The molecular formula is C35H26. The van der Waals surface area contributed by atoms with Crippen molar-refractivity contribution in [3.8, 4) is 44.5 Å². The molecule has 0 N–H and O–H groups in total. The summed E-state index contributed by atoms with van der Waals surface area (Å²) in [5, 5.41) is 2.56. The summed E-state index contributed by atoms with van der Waals surface area (Å²) in [6, 6.07) is 50.4. The van der Waals surface area contributed by atoms with E-state index in [1.54, 1.807) is 0 Å². The highest BCUT2D eigenvalue weighted by molar-refractivity contribution is 5.96. The molecule has 0 bridgehead atoms. The van der Waals surface area contributed by atoms with E-state index in [0.717, 1.165) is 0 Å². The van der Waals surface area contributed by atoms with Crippen molar-refractivity contribution < 1.29 is 0 Å². The highest BCUT2D eigenvalue weighted by Gasteiger charge is 2.08. The summed E-state index contributed by atoms with van der Waals surface area (Å²) in [4.78, 5) is 0. The molecule has 6 aromatic rings. The minimum atomic E-state index is 1.23. The largest absolute Gasteiger partial charge is 0.0622 e. The van der Waals surface area contributed by atoms with Crippen molar-refractivity contribution in [3.05, 3.63) is 145 Å². The monoisotopic (exact) mass is 446 g/mol. The molecule has 0 amide bonds. The number of hydrogen-bond donors (Lipinski definition) is 0. The van der Waals surface area contributed by atoms with Gasteiger partial charge in [-0.1, -0.05) is 127 Å². The molecule has 35 heavy (non-hydrogen) atoms. The molecule has 0 radical (unpaired) electrons. The van der Waals surface area contributed by atoms with Crippen molar-refractivity contribution in [2.75, 3.05) is 0 Å². The predicted octanol–water partition coefficient (Wildman–Crippen LogP) is 9.82. The zero-order valence-electron chi connectivity index (χ0n) is 19.8. The van der Waals surface area contributed by atoms with Crippen molar-refractivity contribution in [1.82, 2.24) is 0 Å². The lowest BCUT2D eigenvalue weighted by atomic mass is 9.93. The van der Waals surface area contributed by atoms with E-state index in [1.807, 2.05) is 0 Å². The molecule has 0 fully saturated rings. The molecular weight excluding hydrogens is 420 g/mol. The van der Waals surface area contributed by atoms with Crippen molar-refractivity contribution >= 4 is 10.8 Å². The van der Waals surface area contributed by atoms with Crippen molar-refractivity contribution in [2.24, 2.45) is 0 Å². The van der Waals surface area contributed by atoms with Gasteiger partial charge in [0.15, 0.2) is 0 Å². The third-order valence-corrected chi connectivity index (χ3v) is 6.70. The first-order chi connectivity index (χ1) is 17.2. The molecule has 0 aliphatic heterocycles.